The molecule has 96 valence electrons. The minimum absolute atomic E-state index is 0.387. The van der Waals surface area contributed by atoms with Gasteiger partial charge >= 0.3 is 0 Å². The lowest BCUT2D eigenvalue weighted by Crippen LogP contribution is -2.32. The third kappa shape index (κ3) is 3.43. The van der Waals surface area contributed by atoms with E-state index in [0.717, 1.165) is 25.2 Å². The van der Waals surface area contributed by atoms with Gasteiger partial charge in [-0.05, 0) is 55.8 Å². The predicted molar refractivity (Wildman–Crippen MR) is 71.8 cm³/mol. The summed E-state index contributed by atoms with van der Waals surface area (Å²) in [7, 11) is 0. The van der Waals surface area contributed by atoms with Crippen LogP contribution in [-0.2, 0) is 4.79 Å². The second-order valence-corrected chi connectivity index (χ2v) is 6.66. The maximum absolute atomic E-state index is 11.6. The van der Waals surface area contributed by atoms with Gasteiger partial charge in [0.25, 0.3) is 0 Å². The summed E-state index contributed by atoms with van der Waals surface area (Å²) in [4.78, 5) is 11.6. The van der Waals surface area contributed by atoms with Crippen molar-refractivity contribution in [2.24, 2.45) is 17.3 Å². The van der Waals surface area contributed by atoms with Crippen LogP contribution in [0.4, 0.5) is 0 Å². The van der Waals surface area contributed by atoms with Crippen LogP contribution in [0.5, 0.6) is 0 Å². The molecule has 2 aliphatic carbocycles. The van der Waals surface area contributed by atoms with E-state index in [0.29, 0.717) is 17.1 Å². The molecule has 0 N–H and O–H groups in total. The molecular formula is C16H26O. The van der Waals surface area contributed by atoms with Crippen LogP contribution in [0.2, 0.25) is 0 Å². The maximum Gasteiger partial charge on any atom is 0.133 e. The number of rotatable bonds is 3. The normalized spacial score (nSPS) is 32.7. The lowest BCUT2D eigenvalue weighted by atomic mass is 9.66. The molecule has 0 radical (unpaired) electrons. The van der Waals surface area contributed by atoms with Gasteiger partial charge in [0.1, 0.15) is 5.78 Å². The van der Waals surface area contributed by atoms with Gasteiger partial charge in [0, 0.05) is 12.8 Å². The SMILES string of the molecule is CC1(C)CCC(=O)C[C@H]1CCC1CC=CCC1. The largest absolute Gasteiger partial charge is 0.300 e. The van der Waals surface area contributed by atoms with Crippen molar-refractivity contribution in [3.63, 3.8) is 0 Å². The number of hydrogen-bond donors (Lipinski definition) is 0. The first-order valence-corrected chi connectivity index (χ1v) is 7.24. The van der Waals surface area contributed by atoms with Crippen molar-refractivity contribution in [1.82, 2.24) is 0 Å². The standard InChI is InChI=1S/C16H26O/c1-16(2)11-10-15(17)12-14(16)9-8-13-6-4-3-5-7-13/h3-4,13-14H,5-12H2,1-2H3/t13?,14-/m1/s1. The van der Waals surface area contributed by atoms with Gasteiger partial charge in [0.15, 0.2) is 0 Å². The highest BCUT2D eigenvalue weighted by Gasteiger charge is 2.35. The van der Waals surface area contributed by atoms with Crippen molar-refractivity contribution in [1.29, 1.82) is 0 Å². The summed E-state index contributed by atoms with van der Waals surface area (Å²) in [6.45, 7) is 4.70. The maximum atomic E-state index is 11.6. The number of ketones is 1. The Balaban J connectivity index is 1.83. The first-order valence-electron chi connectivity index (χ1n) is 7.24. The zero-order valence-corrected chi connectivity index (χ0v) is 11.4. The molecule has 1 saturated carbocycles. The van der Waals surface area contributed by atoms with E-state index in [-0.39, 0.29) is 0 Å². The molecule has 0 bridgehead atoms. The predicted octanol–water partition coefficient (Wildman–Crippen LogP) is 4.52. The number of carbonyl (C=O) groups excluding carboxylic acids is 1. The highest BCUT2D eigenvalue weighted by molar-refractivity contribution is 5.79. The smallest absolute Gasteiger partial charge is 0.133 e. The van der Waals surface area contributed by atoms with Gasteiger partial charge in [-0.1, -0.05) is 26.0 Å². The van der Waals surface area contributed by atoms with Crippen LogP contribution in [0.3, 0.4) is 0 Å². The van der Waals surface area contributed by atoms with E-state index in [1.807, 2.05) is 0 Å². The van der Waals surface area contributed by atoms with Crippen molar-refractivity contribution < 1.29 is 4.79 Å². The Morgan fingerprint density at radius 3 is 2.82 bits per heavy atom. The minimum atomic E-state index is 0.387. The minimum Gasteiger partial charge on any atom is -0.300 e. The van der Waals surface area contributed by atoms with E-state index in [4.69, 9.17) is 0 Å². The van der Waals surface area contributed by atoms with E-state index >= 15 is 0 Å². The molecule has 2 aliphatic rings. The summed E-state index contributed by atoms with van der Waals surface area (Å²) in [5.74, 6) is 2.01. The first-order chi connectivity index (χ1) is 8.08. The first kappa shape index (κ1) is 12.9. The van der Waals surface area contributed by atoms with Gasteiger partial charge in [-0.25, -0.2) is 0 Å². The Morgan fingerprint density at radius 1 is 1.29 bits per heavy atom. The van der Waals surface area contributed by atoms with Crippen molar-refractivity contribution in [3.8, 4) is 0 Å². The molecule has 1 heteroatoms. The molecule has 2 atom stereocenters. The van der Waals surface area contributed by atoms with Gasteiger partial charge < -0.3 is 0 Å². The van der Waals surface area contributed by atoms with Crippen LogP contribution < -0.4 is 0 Å². The monoisotopic (exact) mass is 234 g/mol. The molecule has 0 aromatic heterocycles. The average molecular weight is 234 g/mol. The Hall–Kier alpha value is -0.590. The quantitative estimate of drug-likeness (QED) is 0.656. The summed E-state index contributed by atoms with van der Waals surface area (Å²) in [6, 6.07) is 0. The van der Waals surface area contributed by atoms with Crippen LogP contribution >= 0.6 is 0 Å². The number of allylic oxidation sites excluding steroid dienone is 2. The van der Waals surface area contributed by atoms with Crippen LogP contribution in [0.25, 0.3) is 0 Å². The Kier molecular flexibility index (Phi) is 4.06. The molecule has 0 heterocycles. The average Bonchev–Trinajstić information content (AvgIpc) is 2.32. The van der Waals surface area contributed by atoms with Crippen LogP contribution in [-0.4, -0.2) is 5.78 Å². The summed E-state index contributed by atoms with van der Waals surface area (Å²) >= 11 is 0. The molecule has 0 aromatic rings. The van der Waals surface area contributed by atoms with Gasteiger partial charge in [-0.15, -0.1) is 0 Å². The van der Waals surface area contributed by atoms with E-state index in [2.05, 4.69) is 26.0 Å². The van der Waals surface area contributed by atoms with Gasteiger partial charge in [-0.2, -0.15) is 0 Å². The summed E-state index contributed by atoms with van der Waals surface area (Å²) in [6.07, 6.45) is 13.9. The lowest BCUT2D eigenvalue weighted by Gasteiger charge is -2.38. The fourth-order valence-corrected chi connectivity index (χ4v) is 3.37. The molecular weight excluding hydrogens is 208 g/mol. The molecule has 0 aromatic carbocycles. The lowest BCUT2D eigenvalue weighted by molar-refractivity contribution is -0.124. The highest BCUT2D eigenvalue weighted by Crippen LogP contribution is 2.42. The Labute approximate surface area is 106 Å². The molecule has 17 heavy (non-hydrogen) atoms. The zero-order chi connectivity index (χ0) is 12.3. The van der Waals surface area contributed by atoms with E-state index < -0.39 is 0 Å². The fourth-order valence-electron chi connectivity index (χ4n) is 3.37. The number of carbonyl (C=O) groups is 1. The Morgan fingerprint density at radius 2 is 2.12 bits per heavy atom. The van der Waals surface area contributed by atoms with Crippen molar-refractivity contribution in [2.45, 2.75) is 65.2 Å². The molecule has 0 saturated heterocycles. The van der Waals surface area contributed by atoms with Gasteiger partial charge in [0.05, 0.1) is 0 Å². The molecule has 1 fully saturated rings. The van der Waals surface area contributed by atoms with E-state index in [1.165, 1.54) is 32.1 Å². The summed E-state index contributed by atoms with van der Waals surface area (Å²) in [5.41, 5.74) is 0.387. The third-order valence-electron chi connectivity index (χ3n) is 4.93. The number of hydrogen-bond acceptors (Lipinski definition) is 1. The zero-order valence-electron chi connectivity index (χ0n) is 11.4. The van der Waals surface area contributed by atoms with Gasteiger partial charge in [0.2, 0.25) is 0 Å². The summed E-state index contributed by atoms with van der Waals surface area (Å²) < 4.78 is 0. The van der Waals surface area contributed by atoms with Crippen LogP contribution in [0.15, 0.2) is 12.2 Å². The topological polar surface area (TPSA) is 17.1 Å². The molecule has 1 unspecified atom stereocenters. The number of Topliss-reactive ketones (excluding diaryl/α,β-unsaturated/α-hetero) is 1. The summed E-state index contributed by atoms with van der Waals surface area (Å²) in [5, 5.41) is 0. The van der Waals surface area contributed by atoms with E-state index in [1.54, 1.807) is 0 Å². The second-order valence-electron chi connectivity index (χ2n) is 6.66. The Bertz CT molecular complexity index is 301. The van der Waals surface area contributed by atoms with Crippen molar-refractivity contribution in [3.05, 3.63) is 12.2 Å². The second kappa shape index (κ2) is 5.37. The van der Waals surface area contributed by atoms with Gasteiger partial charge in [-0.3, -0.25) is 4.79 Å². The van der Waals surface area contributed by atoms with E-state index in [9.17, 15) is 4.79 Å². The molecule has 0 amide bonds. The third-order valence-corrected chi connectivity index (χ3v) is 4.93. The van der Waals surface area contributed by atoms with Crippen LogP contribution in [0, 0.1) is 17.3 Å². The van der Waals surface area contributed by atoms with Crippen molar-refractivity contribution >= 4 is 5.78 Å². The molecule has 2 rings (SSSR count). The molecule has 1 nitrogen and oxygen atoms in total. The van der Waals surface area contributed by atoms with Crippen molar-refractivity contribution in [2.75, 3.05) is 0 Å². The van der Waals surface area contributed by atoms with Crippen LogP contribution in [0.1, 0.15) is 65.2 Å². The molecule has 0 aliphatic heterocycles. The molecule has 0 spiro atoms. The fraction of sp³-hybridized carbons (Fsp3) is 0.812. The highest BCUT2D eigenvalue weighted by atomic mass is 16.1.